The summed E-state index contributed by atoms with van der Waals surface area (Å²) in [6, 6.07) is 0.446. The molecule has 0 unspecified atom stereocenters. The summed E-state index contributed by atoms with van der Waals surface area (Å²) in [5.41, 5.74) is 5.94. The Morgan fingerprint density at radius 3 is 2.28 bits per heavy atom. The first kappa shape index (κ1) is 15.9. The Morgan fingerprint density at radius 1 is 1.06 bits per heavy atom. The van der Waals surface area contributed by atoms with E-state index in [-0.39, 0.29) is 0 Å². The fraction of sp³-hybridized carbons (Fsp3) is 1.00. The maximum Gasteiger partial charge on any atom is 0.0110 e. The molecule has 18 heavy (non-hydrogen) atoms. The molecule has 0 aromatic heterocycles. The minimum atomic E-state index is 0.446. The molecule has 0 radical (unpaired) electrons. The summed E-state index contributed by atoms with van der Waals surface area (Å²) in [6.45, 7) is 10.6. The standard InChI is InChI=1S/C14H32N4/c1-4-7-17(11-10-16(2)3)12-13-18-8-5-14(15)6-9-18/h14H,4-13,15H2,1-3H3. The highest BCUT2D eigenvalue weighted by Gasteiger charge is 2.16. The maximum atomic E-state index is 5.94. The van der Waals surface area contributed by atoms with Crippen molar-refractivity contribution in [2.45, 2.75) is 32.2 Å². The third kappa shape index (κ3) is 6.69. The van der Waals surface area contributed by atoms with Crippen LogP contribution in [-0.4, -0.2) is 80.7 Å². The number of piperidine rings is 1. The zero-order valence-electron chi connectivity index (χ0n) is 12.6. The van der Waals surface area contributed by atoms with Gasteiger partial charge in [0.25, 0.3) is 0 Å². The normalized spacial score (nSPS) is 19.0. The van der Waals surface area contributed by atoms with Gasteiger partial charge in [-0.2, -0.15) is 0 Å². The first-order valence-electron chi connectivity index (χ1n) is 7.46. The molecule has 0 saturated carbocycles. The van der Waals surface area contributed by atoms with Gasteiger partial charge in [0.15, 0.2) is 0 Å². The second-order valence-corrected chi connectivity index (χ2v) is 5.82. The van der Waals surface area contributed by atoms with Gasteiger partial charge in [0, 0.05) is 32.2 Å². The minimum Gasteiger partial charge on any atom is -0.328 e. The van der Waals surface area contributed by atoms with Crippen LogP contribution in [-0.2, 0) is 0 Å². The number of nitrogens with zero attached hydrogens (tertiary/aromatic N) is 3. The minimum absolute atomic E-state index is 0.446. The molecule has 4 nitrogen and oxygen atoms in total. The van der Waals surface area contributed by atoms with Crippen molar-refractivity contribution >= 4 is 0 Å². The van der Waals surface area contributed by atoms with Crippen LogP contribution in [0.4, 0.5) is 0 Å². The molecule has 0 atom stereocenters. The van der Waals surface area contributed by atoms with Crippen molar-refractivity contribution in [3.8, 4) is 0 Å². The molecule has 1 saturated heterocycles. The average molecular weight is 256 g/mol. The van der Waals surface area contributed by atoms with Gasteiger partial charge in [-0.3, -0.25) is 0 Å². The highest BCUT2D eigenvalue weighted by atomic mass is 15.2. The second-order valence-electron chi connectivity index (χ2n) is 5.82. The lowest BCUT2D eigenvalue weighted by Crippen LogP contribution is -2.44. The van der Waals surface area contributed by atoms with E-state index in [1.807, 2.05) is 0 Å². The lowest BCUT2D eigenvalue weighted by Gasteiger charge is -2.32. The van der Waals surface area contributed by atoms with Crippen LogP contribution in [0.2, 0.25) is 0 Å². The molecule has 1 rings (SSSR count). The van der Waals surface area contributed by atoms with Crippen LogP contribution in [0.3, 0.4) is 0 Å². The van der Waals surface area contributed by atoms with Crippen LogP contribution in [0.25, 0.3) is 0 Å². The first-order chi connectivity index (χ1) is 8.61. The predicted octanol–water partition coefficient (Wildman–Crippen LogP) is 0.683. The van der Waals surface area contributed by atoms with Crippen LogP contribution in [0.5, 0.6) is 0 Å². The van der Waals surface area contributed by atoms with Gasteiger partial charge in [-0.05, 0) is 53.0 Å². The Bertz CT molecular complexity index is 200. The fourth-order valence-electron chi connectivity index (χ4n) is 2.45. The summed E-state index contributed by atoms with van der Waals surface area (Å²) in [7, 11) is 4.30. The Morgan fingerprint density at radius 2 is 1.72 bits per heavy atom. The fourth-order valence-corrected chi connectivity index (χ4v) is 2.45. The van der Waals surface area contributed by atoms with Gasteiger partial charge in [0.1, 0.15) is 0 Å². The van der Waals surface area contributed by atoms with Gasteiger partial charge in [-0.1, -0.05) is 6.92 Å². The highest BCUT2D eigenvalue weighted by Crippen LogP contribution is 2.07. The van der Waals surface area contributed by atoms with Crippen molar-refractivity contribution in [1.82, 2.24) is 14.7 Å². The van der Waals surface area contributed by atoms with Crippen LogP contribution in [0, 0.1) is 0 Å². The molecule has 2 N–H and O–H groups in total. The zero-order valence-corrected chi connectivity index (χ0v) is 12.6. The van der Waals surface area contributed by atoms with E-state index in [0.717, 1.165) is 6.54 Å². The molecular formula is C14H32N4. The van der Waals surface area contributed by atoms with Crippen molar-refractivity contribution in [1.29, 1.82) is 0 Å². The summed E-state index contributed by atoms with van der Waals surface area (Å²) < 4.78 is 0. The predicted molar refractivity (Wildman–Crippen MR) is 78.9 cm³/mol. The number of likely N-dealkylation sites (tertiary alicyclic amines) is 1. The lowest BCUT2D eigenvalue weighted by molar-refractivity contribution is 0.167. The lowest BCUT2D eigenvalue weighted by atomic mass is 10.1. The van der Waals surface area contributed by atoms with Crippen molar-refractivity contribution < 1.29 is 0 Å². The van der Waals surface area contributed by atoms with E-state index in [9.17, 15) is 0 Å². The Hall–Kier alpha value is -0.160. The Labute approximate surface area is 113 Å². The summed E-state index contributed by atoms with van der Waals surface area (Å²) in [6.07, 6.45) is 3.59. The van der Waals surface area contributed by atoms with Gasteiger partial charge in [-0.25, -0.2) is 0 Å². The molecule has 0 amide bonds. The van der Waals surface area contributed by atoms with E-state index in [4.69, 9.17) is 5.73 Å². The van der Waals surface area contributed by atoms with Crippen molar-refractivity contribution in [2.75, 3.05) is 59.9 Å². The number of rotatable bonds is 8. The highest BCUT2D eigenvalue weighted by molar-refractivity contribution is 4.75. The molecule has 0 aliphatic carbocycles. The van der Waals surface area contributed by atoms with Gasteiger partial charge in [0.2, 0.25) is 0 Å². The number of hydrogen-bond acceptors (Lipinski definition) is 4. The molecule has 1 heterocycles. The van der Waals surface area contributed by atoms with Crippen LogP contribution >= 0.6 is 0 Å². The Balaban J connectivity index is 2.19. The third-order valence-electron chi connectivity index (χ3n) is 3.77. The van der Waals surface area contributed by atoms with Crippen LogP contribution in [0.15, 0.2) is 0 Å². The first-order valence-corrected chi connectivity index (χ1v) is 7.46. The summed E-state index contributed by atoms with van der Waals surface area (Å²) in [5, 5.41) is 0. The van der Waals surface area contributed by atoms with E-state index in [2.05, 4.69) is 35.7 Å². The molecule has 0 spiro atoms. The topological polar surface area (TPSA) is 35.7 Å². The van der Waals surface area contributed by atoms with Gasteiger partial charge in [-0.15, -0.1) is 0 Å². The van der Waals surface area contributed by atoms with E-state index < -0.39 is 0 Å². The monoisotopic (exact) mass is 256 g/mol. The molecule has 0 aromatic rings. The van der Waals surface area contributed by atoms with Crippen LogP contribution < -0.4 is 5.73 Å². The average Bonchev–Trinajstić information content (AvgIpc) is 2.34. The smallest absolute Gasteiger partial charge is 0.0110 e. The summed E-state index contributed by atoms with van der Waals surface area (Å²) in [5.74, 6) is 0. The van der Waals surface area contributed by atoms with Crippen LogP contribution in [0.1, 0.15) is 26.2 Å². The van der Waals surface area contributed by atoms with E-state index in [1.54, 1.807) is 0 Å². The molecule has 1 fully saturated rings. The summed E-state index contributed by atoms with van der Waals surface area (Å²) >= 11 is 0. The molecular weight excluding hydrogens is 224 g/mol. The quantitative estimate of drug-likeness (QED) is 0.693. The molecule has 0 aromatic carbocycles. The molecule has 4 heteroatoms. The van der Waals surface area contributed by atoms with E-state index >= 15 is 0 Å². The molecule has 108 valence electrons. The van der Waals surface area contributed by atoms with Crippen molar-refractivity contribution in [3.05, 3.63) is 0 Å². The van der Waals surface area contributed by atoms with Gasteiger partial charge < -0.3 is 20.4 Å². The van der Waals surface area contributed by atoms with E-state index in [1.165, 1.54) is 58.5 Å². The largest absolute Gasteiger partial charge is 0.328 e. The van der Waals surface area contributed by atoms with Crippen molar-refractivity contribution in [3.63, 3.8) is 0 Å². The molecule has 1 aliphatic rings. The number of likely N-dealkylation sites (N-methyl/N-ethyl adjacent to an activating group) is 1. The maximum absolute atomic E-state index is 5.94. The summed E-state index contributed by atoms with van der Waals surface area (Å²) in [4.78, 5) is 7.43. The number of nitrogens with two attached hydrogens (primary N) is 1. The second kappa shape index (κ2) is 8.86. The number of hydrogen-bond donors (Lipinski definition) is 1. The van der Waals surface area contributed by atoms with Crippen molar-refractivity contribution in [2.24, 2.45) is 5.73 Å². The third-order valence-corrected chi connectivity index (χ3v) is 3.77. The Kier molecular flexibility index (Phi) is 7.82. The van der Waals surface area contributed by atoms with E-state index in [0.29, 0.717) is 6.04 Å². The van der Waals surface area contributed by atoms with Gasteiger partial charge >= 0.3 is 0 Å². The SMILES string of the molecule is CCCN(CCN(C)C)CCN1CCC(N)CC1. The molecule has 0 bridgehead atoms. The zero-order chi connectivity index (χ0) is 13.4. The molecule has 1 aliphatic heterocycles. The van der Waals surface area contributed by atoms with Gasteiger partial charge in [0.05, 0.1) is 0 Å².